The molecule has 0 aromatic heterocycles. The van der Waals surface area contributed by atoms with Crippen molar-refractivity contribution < 1.29 is 9.13 Å². The average Bonchev–Trinajstić information content (AvgIpc) is 2.86. The topological polar surface area (TPSA) is 35.2 Å². The van der Waals surface area contributed by atoms with Gasteiger partial charge in [-0.05, 0) is 23.3 Å². The van der Waals surface area contributed by atoms with E-state index < -0.39 is 6.04 Å². The summed E-state index contributed by atoms with van der Waals surface area (Å²) in [5, 5.41) is 0.336. The summed E-state index contributed by atoms with van der Waals surface area (Å²) in [6.07, 6.45) is 0.896. The zero-order chi connectivity index (χ0) is 13.4. The molecule has 3 rings (SSSR count). The van der Waals surface area contributed by atoms with E-state index in [1.807, 2.05) is 18.2 Å². The first-order chi connectivity index (χ1) is 9.16. The summed E-state index contributed by atoms with van der Waals surface area (Å²) in [5.74, 6) is 0.478. The average molecular weight is 278 g/mol. The van der Waals surface area contributed by atoms with E-state index in [0.29, 0.717) is 17.2 Å². The number of benzene rings is 2. The number of halogens is 2. The molecule has 0 bridgehead atoms. The van der Waals surface area contributed by atoms with E-state index in [0.717, 1.165) is 23.3 Å². The second kappa shape index (κ2) is 4.83. The maximum atomic E-state index is 13.1. The molecule has 2 aromatic rings. The maximum absolute atomic E-state index is 13.1. The molecule has 1 unspecified atom stereocenters. The lowest BCUT2D eigenvalue weighted by molar-refractivity contribution is 0.352. The van der Waals surface area contributed by atoms with E-state index in [4.69, 9.17) is 22.1 Å². The lowest BCUT2D eigenvalue weighted by Crippen LogP contribution is -2.13. The van der Waals surface area contributed by atoms with Crippen LogP contribution in [0.3, 0.4) is 0 Å². The van der Waals surface area contributed by atoms with E-state index in [1.165, 1.54) is 12.1 Å². The fraction of sp³-hybridized carbons (Fsp3) is 0.200. The monoisotopic (exact) mass is 277 g/mol. The molecule has 1 atom stereocenters. The van der Waals surface area contributed by atoms with Crippen LogP contribution in [0.15, 0.2) is 36.4 Å². The molecular weight excluding hydrogens is 265 g/mol. The van der Waals surface area contributed by atoms with Crippen molar-refractivity contribution in [2.24, 2.45) is 5.73 Å². The van der Waals surface area contributed by atoms with Crippen LogP contribution in [0.1, 0.15) is 22.7 Å². The Morgan fingerprint density at radius 2 is 2.05 bits per heavy atom. The van der Waals surface area contributed by atoms with Gasteiger partial charge in [0.05, 0.1) is 12.6 Å². The molecule has 0 amide bonds. The van der Waals surface area contributed by atoms with E-state index >= 15 is 0 Å². The number of rotatable bonds is 2. The summed E-state index contributed by atoms with van der Waals surface area (Å²) >= 11 is 6.06. The largest absolute Gasteiger partial charge is 0.493 e. The van der Waals surface area contributed by atoms with Crippen LogP contribution < -0.4 is 10.5 Å². The molecule has 19 heavy (non-hydrogen) atoms. The Morgan fingerprint density at radius 1 is 1.21 bits per heavy atom. The minimum absolute atomic E-state index is 0.336. The Bertz CT molecular complexity index is 630. The van der Waals surface area contributed by atoms with Gasteiger partial charge in [-0.15, -0.1) is 0 Å². The van der Waals surface area contributed by atoms with Crippen molar-refractivity contribution in [3.63, 3.8) is 0 Å². The molecule has 2 N–H and O–H groups in total. The van der Waals surface area contributed by atoms with Crippen molar-refractivity contribution in [1.82, 2.24) is 0 Å². The van der Waals surface area contributed by atoms with Gasteiger partial charge in [-0.2, -0.15) is 0 Å². The molecule has 0 spiro atoms. The zero-order valence-electron chi connectivity index (χ0n) is 10.2. The highest BCUT2D eigenvalue weighted by molar-refractivity contribution is 6.31. The Morgan fingerprint density at radius 3 is 2.84 bits per heavy atom. The van der Waals surface area contributed by atoms with Crippen LogP contribution in [0.2, 0.25) is 5.02 Å². The predicted molar refractivity (Wildman–Crippen MR) is 73.1 cm³/mol. The molecular formula is C15H13ClFNO. The SMILES string of the molecule is NC(c1ccc(F)cc1Cl)c1cccc2c1OCC2. The number of para-hydroxylation sites is 1. The van der Waals surface area contributed by atoms with E-state index in [-0.39, 0.29) is 5.82 Å². The number of hydrogen-bond acceptors (Lipinski definition) is 2. The van der Waals surface area contributed by atoms with Gasteiger partial charge in [0, 0.05) is 17.0 Å². The molecule has 2 nitrogen and oxygen atoms in total. The lowest BCUT2D eigenvalue weighted by Gasteiger charge is -2.17. The van der Waals surface area contributed by atoms with Gasteiger partial charge in [-0.1, -0.05) is 35.9 Å². The Labute approximate surface area is 115 Å². The van der Waals surface area contributed by atoms with Crippen LogP contribution >= 0.6 is 11.6 Å². The van der Waals surface area contributed by atoms with Crippen LogP contribution in [0.4, 0.5) is 4.39 Å². The third-order valence-electron chi connectivity index (χ3n) is 3.38. The first-order valence-electron chi connectivity index (χ1n) is 6.12. The third kappa shape index (κ3) is 2.20. The molecule has 4 heteroatoms. The second-order valence-electron chi connectivity index (χ2n) is 4.58. The zero-order valence-corrected chi connectivity index (χ0v) is 11.0. The van der Waals surface area contributed by atoms with Gasteiger partial charge < -0.3 is 10.5 Å². The molecule has 98 valence electrons. The van der Waals surface area contributed by atoms with Crippen LogP contribution in [0.25, 0.3) is 0 Å². The second-order valence-corrected chi connectivity index (χ2v) is 4.98. The number of ether oxygens (including phenoxy) is 1. The molecule has 0 aliphatic carbocycles. The van der Waals surface area contributed by atoms with Gasteiger partial charge in [-0.3, -0.25) is 0 Å². The number of fused-ring (bicyclic) bond motifs is 1. The van der Waals surface area contributed by atoms with Crippen LogP contribution in [0.5, 0.6) is 5.75 Å². The summed E-state index contributed by atoms with van der Waals surface area (Å²) in [4.78, 5) is 0. The van der Waals surface area contributed by atoms with Crippen molar-refractivity contribution >= 4 is 11.6 Å². The van der Waals surface area contributed by atoms with Gasteiger partial charge in [0.15, 0.2) is 0 Å². The minimum Gasteiger partial charge on any atom is -0.493 e. The first kappa shape index (κ1) is 12.5. The number of nitrogens with two attached hydrogens (primary N) is 1. The standard InChI is InChI=1S/C15H13ClFNO/c16-13-8-10(17)4-5-11(13)14(18)12-3-1-2-9-6-7-19-15(9)12/h1-5,8,14H,6-7,18H2. The van der Waals surface area contributed by atoms with E-state index in [1.54, 1.807) is 6.07 Å². The Hall–Kier alpha value is -1.58. The van der Waals surface area contributed by atoms with Crippen molar-refractivity contribution in [3.8, 4) is 5.75 Å². The third-order valence-corrected chi connectivity index (χ3v) is 3.70. The lowest BCUT2D eigenvalue weighted by atomic mass is 9.96. The van der Waals surface area contributed by atoms with Crippen LogP contribution in [0, 0.1) is 5.82 Å². The smallest absolute Gasteiger partial charge is 0.127 e. The molecule has 0 saturated heterocycles. The number of hydrogen-bond donors (Lipinski definition) is 1. The Balaban J connectivity index is 2.05. The molecule has 2 aromatic carbocycles. The highest BCUT2D eigenvalue weighted by Crippen LogP contribution is 2.36. The Kier molecular flexibility index (Phi) is 3.17. The fourth-order valence-corrected chi connectivity index (χ4v) is 2.69. The minimum atomic E-state index is -0.416. The van der Waals surface area contributed by atoms with E-state index in [9.17, 15) is 4.39 Å². The summed E-state index contributed by atoms with van der Waals surface area (Å²) in [6, 6.07) is 9.77. The summed E-state index contributed by atoms with van der Waals surface area (Å²) in [6.45, 7) is 0.677. The van der Waals surface area contributed by atoms with Crippen molar-refractivity contribution in [3.05, 3.63) is 63.9 Å². The normalized spacial score (nSPS) is 14.9. The molecule has 1 aliphatic rings. The van der Waals surface area contributed by atoms with Gasteiger partial charge in [0.1, 0.15) is 11.6 Å². The van der Waals surface area contributed by atoms with Gasteiger partial charge >= 0.3 is 0 Å². The highest BCUT2D eigenvalue weighted by Gasteiger charge is 2.22. The van der Waals surface area contributed by atoms with Crippen LogP contribution in [-0.2, 0) is 6.42 Å². The van der Waals surface area contributed by atoms with Crippen LogP contribution in [-0.4, -0.2) is 6.61 Å². The fourth-order valence-electron chi connectivity index (χ4n) is 2.41. The van der Waals surface area contributed by atoms with Gasteiger partial charge in [0.25, 0.3) is 0 Å². The van der Waals surface area contributed by atoms with Crippen molar-refractivity contribution in [2.45, 2.75) is 12.5 Å². The quantitative estimate of drug-likeness (QED) is 0.912. The maximum Gasteiger partial charge on any atom is 0.127 e. The van der Waals surface area contributed by atoms with Crippen molar-refractivity contribution in [1.29, 1.82) is 0 Å². The molecule has 1 heterocycles. The van der Waals surface area contributed by atoms with Crippen molar-refractivity contribution in [2.75, 3.05) is 6.61 Å². The molecule has 0 radical (unpaired) electrons. The summed E-state index contributed by atoms with van der Waals surface area (Å²) in [5.41, 5.74) is 9.00. The van der Waals surface area contributed by atoms with Gasteiger partial charge in [0.2, 0.25) is 0 Å². The first-order valence-corrected chi connectivity index (χ1v) is 6.50. The summed E-state index contributed by atoms with van der Waals surface area (Å²) < 4.78 is 18.7. The van der Waals surface area contributed by atoms with Gasteiger partial charge in [-0.25, -0.2) is 4.39 Å². The summed E-state index contributed by atoms with van der Waals surface area (Å²) in [7, 11) is 0. The highest BCUT2D eigenvalue weighted by atomic mass is 35.5. The predicted octanol–water partition coefficient (Wildman–Crippen LogP) is 3.46. The molecule has 0 saturated carbocycles. The molecule has 1 aliphatic heterocycles. The molecule has 0 fully saturated rings. The van der Waals surface area contributed by atoms with E-state index in [2.05, 4.69) is 0 Å².